The Labute approximate surface area is 153 Å². The maximum atomic E-state index is 12.5. The van der Waals surface area contributed by atoms with E-state index in [1.54, 1.807) is 11.8 Å². The van der Waals surface area contributed by atoms with Crippen LogP contribution in [0.2, 0.25) is 0 Å². The van der Waals surface area contributed by atoms with Crippen LogP contribution in [-0.4, -0.2) is 47.7 Å². The summed E-state index contributed by atoms with van der Waals surface area (Å²) in [5, 5.41) is 0. The average molecular weight is 353 g/mol. The highest BCUT2D eigenvalue weighted by atomic mass is 32.2. The number of hydrogen-bond donors (Lipinski definition) is 0. The topological polar surface area (TPSA) is 36.4 Å². The summed E-state index contributed by atoms with van der Waals surface area (Å²) in [6.07, 6.45) is 5.48. The fourth-order valence-corrected chi connectivity index (χ4v) is 4.46. The molecule has 2 aliphatic rings. The Morgan fingerprint density at radius 2 is 1.88 bits per heavy atom. The number of pyridine rings is 1. The van der Waals surface area contributed by atoms with E-state index in [0.29, 0.717) is 5.75 Å². The van der Waals surface area contributed by atoms with E-state index < -0.39 is 0 Å². The maximum Gasteiger partial charge on any atom is 0.233 e. The lowest BCUT2D eigenvalue weighted by Crippen LogP contribution is -2.49. The minimum absolute atomic E-state index is 0.242. The smallest absolute Gasteiger partial charge is 0.233 e. The second-order valence-electron chi connectivity index (χ2n) is 6.63. The molecular weight excluding hydrogens is 330 g/mol. The van der Waals surface area contributed by atoms with Crippen LogP contribution in [0, 0.1) is 0 Å². The molecule has 0 atom stereocenters. The van der Waals surface area contributed by atoms with Crippen LogP contribution in [-0.2, 0) is 17.6 Å². The van der Waals surface area contributed by atoms with E-state index in [1.165, 1.54) is 35.3 Å². The number of rotatable bonds is 4. The zero-order chi connectivity index (χ0) is 17.1. The number of hydrogen-bond acceptors (Lipinski definition) is 4. The summed E-state index contributed by atoms with van der Waals surface area (Å²) < 4.78 is 0. The lowest BCUT2D eigenvalue weighted by Gasteiger charge is -2.35. The van der Waals surface area contributed by atoms with Crippen molar-refractivity contribution in [2.24, 2.45) is 0 Å². The molecular formula is C20H23N3OS. The third kappa shape index (κ3) is 3.82. The van der Waals surface area contributed by atoms with Crippen molar-refractivity contribution < 1.29 is 4.79 Å². The summed E-state index contributed by atoms with van der Waals surface area (Å²) in [6, 6.07) is 12.6. The zero-order valence-electron chi connectivity index (χ0n) is 14.4. The van der Waals surface area contributed by atoms with Crippen molar-refractivity contribution in [1.29, 1.82) is 0 Å². The minimum atomic E-state index is 0.242. The monoisotopic (exact) mass is 353 g/mol. The van der Waals surface area contributed by atoms with Crippen LogP contribution in [0.25, 0.3) is 0 Å². The largest absolute Gasteiger partial charge is 0.353 e. The maximum absolute atomic E-state index is 12.5. The fraction of sp³-hybridized carbons (Fsp3) is 0.400. The van der Waals surface area contributed by atoms with E-state index in [-0.39, 0.29) is 5.91 Å². The van der Waals surface area contributed by atoms with Gasteiger partial charge in [0.25, 0.3) is 0 Å². The van der Waals surface area contributed by atoms with E-state index >= 15 is 0 Å². The second-order valence-corrected chi connectivity index (χ2v) is 7.68. The number of nitrogens with zero attached hydrogens (tertiary/aromatic N) is 3. The standard InChI is InChI=1S/C20H23N3OS/c24-20(15-25-18-8-7-16-4-3-5-17(16)14-18)23-12-10-22(11-13-23)19-6-1-2-9-21-19/h1-2,6-9,14H,3-5,10-13,15H2. The molecule has 130 valence electrons. The zero-order valence-corrected chi connectivity index (χ0v) is 15.2. The van der Waals surface area contributed by atoms with Crippen LogP contribution >= 0.6 is 11.8 Å². The molecule has 1 saturated heterocycles. The molecule has 0 unspecified atom stereocenters. The van der Waals surface area contributed by atoms with E-state index in [9.17, 15) is 4.79 Å². The Hall–Kier alpha value is -2.01. The molecule has 0 saturated carbocycles. The molecule has 0 bridgehead atoms. The molecule has 0 radical (unpaired) electrons. The van der Waals surface area contributed by atoms with Gasteiger partial charge in [0.15, 0.2) is 0 Å². The highest BCUT2D eigenvalue weighted by molar-refractivity contribution is 8.00. The lowest BCUT2D eigenvalue weighted by atomic mass is 10.1. The van der Waals surface area contributed by atoms with Gasteiger partial charge in [-0.3, -0.25) is 4.79 Å². The first-order chi connectivity index (χ1) is 12.3. The quantitative estimate of drug-likeness (QED) is 0.792. The third-order valence-corrected chi connectivity index (χ3v) is 6.02. The van der Waals surface area contributed by atoms with Crippen molar-refractivity contribution in [3.8, 4) is 0 Å². The highest BCUT2D eigenvalue weighted by Gasteiger charge is 2.22. The summed E-state index contributed by atoms with van der Waals surface area (Å²) in [7, 11) is 0. The van der Waals surface area contributed by atoms with Gasteiger partial charge in [-0.2, -0.15) is 0 Å². The molecule has 1 aliphatic carbocycles. The van der Waals surface area contributed by atoms with Gasteiger partial charge in [0.05, 0.1) is 5.75 Å². The lowest BCUT2D eigenvalue weighted by molar-refractivity contribution is -0.128. The number of aryl methyl sites for hydroxylation is 2. The molecule has 1 amide bonds. The Morgan fingerprint density at radius 1 is 1.04 bits per heavy atom. The number of benzene rings is 1. The van der Waals surface area contributed by atoms with Crippen LogP contribution in [0.1, 0.15) is 17.5 Å². The van der Waals surface area contributed by atoms with Crippen molar-refractivity contribution in [1.82, 2.24) is 9.88 Å². The SMILES string of the molecule is O=C(CSc1ccc2c(c1)CCC2)N1CCN(c2ccccn2)CC1. The number of thioether (sulfide) groups is 1. The second kappa shape index (κ2) is 7.48. The van der Waals surface area contributed by atoms with Gasteiger partial charge in [-0.05, 0) is 54.7 Å². The molecule has 25 heavy (non-hydrogen) atoms. The number of aromatic nitrogens is 1. The van der Waals surface area contributed by atoms with E-state index in [2.05, 4.69) is 28.1 Å². The van der Waals surface area contributed by atoms with Gasteiger partial charge in [-0.1, -0.05) is 12.1 Å². The highest BCUT2D eigenvalue weighted by Crippen LogP contribution is 2.27. The average Bonchev–Trinajstić information content (AvgIpc) is 3.15. The summed E-state index contributed by atoms with van der Waals surface area (Å²) in [5.41, 5.74) is 2.96. The van der Waals surface area contributed by atoms with E-state index in [1.807, 2.05) is 29.3 Å². The summed E-state index contributed by atoms with van der Waals surface area (Å²) in [4.78, 5) is 22.4. The van der Waals surface area contributed by atoms with E-state index in [0.717, 1.165) is 32.0 Å². The molecule has 1 fully saturated rings. The number of fused-ring (bicyclic) bond motifs is 1. The molecule has 5 heteroatoms. The van der Waals surface area contributed by atoms with Crippen LogP contribution in [0.4, 0.5) is 5.82 Å². The van der Waals surface area contributed by atoms with E-state index in [4.69, 9.17) is 0 Å². The Kier molecular flexibility index (Phi) is 4.92. The molecule has 1 aliphatic heterocycles. The first-order valence-electron chi connectivity index (χ1n) is 8.98. The predicted octanol–water partition coefficient (Wildman–Crippen LogP) is 3.01. The van der Waals surface area contributed by atoms with Gasteiger partial charge in [0, 0.05) is 37.3 Å². The molecule has 0 N–H and O–H groups in total. The van der Waals surface area contributed by atoms with Crippen LogP contribution in [0.15, 0.2) is 47.5 Å². The number of carbonyl (C=O) groups excluding carboxylic acids is 1. The number of amides is 1. The van der Waals surface area contributed by atoms with Crippen molar-refractivity contribution in [3.63, 3.8) is 0 Å². The Morgan fingerprint density at radius 3 is 2.68 bits per heavy atom. The molecule has 4 rings (SSSR count). The first kappa shape index (κ1) is 16.5. The predicted molar refractivity (Wildman–Crippen MR) is 102 cm³/mol. The summed E-state index contributed by atoms with van der Waals surface area (Å²) in [6.45, 7) is 3.26. The van der Waals surface area contributed by atoms with Gasteiger partial charge in [-0.25, -0.2) is 4.98 Å². The Bertz CT molecular complexity index is 742. The number of piperazine rings is 1. The molecule has 2 heterocycles. The van der Waals surface area contributed by atoms with Gasteiger partial charge < -0.3 is 9.80 Å². The van der Waals surface area contributed by atoms with Crippen LogP contribution < -0.4 is 4.90 Å². The minimum Gasteiger partial charge on any atom is -0.353 e. The number of anilines is 1. The Balaban J connectivity index is 1.28. The normalized spacial score (nSPS) is 16.8. The van der Waals surface area contributed by atoms with Crippen molar-refractivity contribution in [2.75, 3.05) is 36.8 Å². The molecule has 4 nitrogen and oxygen atoms in total. The summed E-state index contributed by atoms with van der Waals surface area (Å²) in [5.74, 6) is 1.77. The van der Waals surface area contributed by atoms with Gasteiger partial charge >= 0.3 is 0 Å². The third-order valence-electron chi connectivity index (χ3n) is 5.04. The number of carbonyl (C=O) groups is 1. The molecule has 1 aromatic carbocycles. The molecule has 2 aromatic rings. The first-order valence-corrected chi connectivity index (χ1v) is 9.96. The van der Waals surface area contributed by atoms with Gasteiger partial charge in [0.2, 0.25) is 5.91 Å². The molecule has 1 aromatic heterocycles. The fourth-order valence-electron chi connectivity index (χ4n) is 3.60. The van der Waals surface area contributed by atoms with Gasteiger partial charge in [0.1, 0.15) is 5.82 Å². The van der Waals surface area contributed by atoms with Crippen molar-refractivity contribution in [3.05, 3.63) is 53.7 Å². The molecule has 0 spiro atoms. The van der Waals surface area contributed by atoms with Crippen molar-refractivity contribution >= 4 is 23.5 Å². The van der Waals surface area contributed by atoms with Crippen LogP contribution in [0.5, 0.6) is 0 Å². The van der Waals surface area contributed by atoms with Crippen LogP contribution in [0.3, 0.4) is 0 Å². The van der Waals surface area contributed by atoms with Crippen molar-refractivity contribution in [2.45, 2.75) is 24.2 Å². The summed E-state index contributed by atoms with van der Waals surface area (Å²) >= 11 is 1.67. The van der Waals surface area contributed by atoms with Gasteiger partial charge in [-0.15, -0.1) is 11.8 Å².